The molecule has 0 spiro atoms. The summed E-state index contributed by atoms with van der Waals surface area (Å²) in [7, 11) is 0. The van der Waals surface area contributed by atoms with Crippen LogP contribution in [0.5, 0.6) is 0 Å². The van der Waals surface area contributed by atoms with E-state index in [2.05, 4.69) is 36.0 Å². The summed E-state index contributed by atoms with van der Waals surface area (Å²) in [6.45, 7) is 4.56. The molecule has 1 heteroatoms. The van der Waals surface area contributed by atoms with Crippen LogP contribution >= 0.6 is 0 Å². The zero-order valence-electron chi connectivity index (χ0n) is 5.46. The fraction of sp³-hybridized carbons (Fsp3) is 0.250. The van der Waals surface area contributed by atoms with E-state index in [1.54, 1.807) is 0 Å². The third kappa shape index (κ3) is 1.76. The minimum absolute atomic E-state index is 0.910. The van der Waals surface area contributed by atoms with Crippen molar-refractivity contribution >= 4 is 0 Å². The van der Waals surface area contributed by atoms with Crippen LogP contribution in [0.2, 0.25) is 0 Å². The highest BCUT2D eigenvalue weighted by Crippen LogP contribution is 2.00. The van der Waals surface area contributed by atoms with Crippen molar-refractivity contribution in [2.45, 2.75) is 6.42 Å². The molecule has 0 aliphatic carbocycles. The molecule has 0 saturated heterocycles. The molecule has 1 aliphatic heterocycles. The largest absolute Gasteiger partial charge is 0.351 e. The second-order valence-electron chi connectivity index (χ2n) is 1.99. The van der Waals surface area contributed by atoms with Crippen molar-refractivity contribution in [2.24, 2.45) is 0 Å². The van der Waals surface area contributed by atoms with Crippen LogP contribution in [0.15, 0.2) is 37.2 Å². The molecule has 0 atom stereocenters. The van der Waals surface area contributed by atoms with Gasteiger partial charge in [-0.1, -0.05) is 18.2 Å². The minimum atomic E-state index is 0.910. The molecule has 0 unspecified atom stereocenters. The van der Waals surface area contributed by atoms with E-state index >= 15 is 0 Å². The molecular formula is C8H11N. The van der Waals surface area contributed by atoms with Gasteiger partial charge in [-0.2, -0.15) is 0 Å². The van der Waals surface area contributed by atoms with Crippen molar-refractivity contribution in [1.82, 2.24) is 4.90 Å². The van der Waals surface area contributed by atoms with E-state index in [9.17, 15) is 0 Å². The summed E-state index contributed by atoms with van der Waals surface area (Å²) < 4.78 is 0. The first-order valence-electron chi connectivity index (χ1n) is 3.13. The van der Waals surface area contributed by atoms with Gasteiger partial charge >= 0.3 is 0 Å². The van der Waals surface area contributed by atoms with Crippen molar-refractivity contribution in [1.29, 1.82) is 0 Å². The fourth-order valence-electron chi connectivity index (χ4n) is 0.792. The molecular weight excluding hydrogens is 110 g/mol. The van der Waals surface area contributed by atoms with Gasteiger partial charge in [0.2, 0.25) is 0 Å². The number of allylic oxidation sites excluding steroid dienone is 2. The third-order valence-corrected chi connectivity index (χ3v) is 1.21. The van der Waals surface area contributed by atoms with Crippen LogP contribution in [0.3, 0.4) is 0 Å². The zero-order valence-corrected chi connectivity index (χ0v) is 5.46. The van der Waals surface area contributed by atoms with E-state index in [0.717, 1.165) is 13.0 Å². The number of rotatable bonds is 2. The molecule has 0 aromatic carbocycles. The summed E-state index contributed by atoms with van der Waals surface area (Å²) in [5.74, 6) is 0. The topological polar surface area (TPSA) is 3.24 Å². The summed E-state index contributed by atoms with van der Waals surface area (Å²) in [4.78, 5) is 2.09. The molecule has 0 aromatic rings. The Bertz CT molecular complexity index is 133. The van der Waals surface area contributed by atoms with Crippen molar-refractivity contribution in [3.63, 3.8) is 0 Å². The lowest BCUT2D eigenvalue weighted by molar-refractivity contribution is 0.555. The monoisotopic (exact) mass is 121 g/mol. The van der Waals surface area contributed by atoms with E-state index in [4.69, 9.17) is 0 Å². The number of hydrogen-bond acceptors (Lipinski definition) is 1. The van der Waals surface area contributed by atoms with Gasteiger partial charge in [0.25, 0.3) is 0 Å². The van der Waals surface area contributed by atoms with E-state index in [-0.39, 0.29) is 0 Å². The molecule has 48 valence electrons. The van der Waals surface area contributed by atoms with Crippen LogP contribution in [-0.2, 0) is 0 Å². The lowest BCUT2D eigenvalue weighted by atomic mass is 10.3. The van der Waals surface area contributed by atoms with Gasteiger partial charge < -0.3 is 4.90 Å². The quantitative estimate of drug-likeness (QED) is 0.504. The Morgan fingerprint density at radius 3 is 2.67 bits per heavy atom. The first-order valence-corrected chi connectivity index (χ1v) is 3.13. The Kier molecular flexibility index (Phi) is 2.13. The highest BCUT2D eigenvalue weighted by atomic mass is 15.1. The lowest BCUT2D eigenvalue weighted by Gasteiger charge is -2.14. The fourth-order valence-corrected chi connectivity index (χ4v) is 0.792. The van der Waals surface area contributed by atoms with Crippen molar-refractivity contribution < 1.29 is 0 Å². The van der Waals surface area contributed by atoms with Crippen LogP contribution in [0, 0.1) is 0 Å². The van der Waals surface area contributed by atoms with Gasteiger partial charge in [-0.3, -0.25) is 0 Å². The first kappa shape index (κ1) is 6.14. The molecule has 1 rings (SSSR count). The van der Waals surface area contributed by atoms with Crippen LogP contribution < -0.4 is 0 Å². The molecule has 9 heavy (non-hydrogen) atoms. The first-order chi connectivity index (χ1) is 4.43. The van der Waals surface area contributed by atoms with Crippen LogP contribution in [0.25, 0.3) is 0 Å². The predicted octanol–water partition coefficient (Wildman–Crippen LogP) is 1.91. The van der Waals surface area contributed by atoms with Gasteiger partial charge in [-0.15, -0.1) is 6.58 Å². The third-order valence-electron chi connectivity index (χ3n) is 1.21. The minimum Gasteiger partial charge on any atom is -0.351 e. The molecule has 0 radical (unpaired) electrons. The van der Waals surface area contributed by atoms with Gasteiger partial charge in [0, 0.05) is 18.9 Å². The van der Waals surface area contributed by atoms with E-state index in [1.807, 2.05) is 6.08 Å². The molecule has 1 aliphatic rings. The van der Waals surface area contributed by atoms with Crippen molar-refractivity contribution in [2.75, 3.05) is 6.54 Å². The Morgan fingerprint density at radius 1 is 1.44 bits per heavy atom. The summed E-state index contributed by atoms with van der Waals surface area (Å²) >= 11 is 0. The van der Waals surface area contributed by atoms with E-state index < -0.39 is 0 Å². The summed E-state index contributed by atoms with van der Waals surface area (Å²) in [6.07, 6.45) is 11.4. The molecule has 0 amide bonds. The second kappa shape index (κ2) is 3.13. The van der Waals surface area contributed by atoms with E-state index in [1.165, 1.54) is 0 Å². The summed E-state index contributed by atoms with van der Waals surface area (Å²) in [5, 5.41) is 0. The highest BCUT2D eigenvalue weighted by Gasteiger charge is 1.91. The predicted molar refractivity (Wildman–Crippen MR) is 39.8 cm³/mol. The van der Waals surface area contributed by atoms with Gasteiger partial charge in [0.05, 0.1) is 0 Å². The van der Waals surface area contributed by atoms with Gasteiger partial charge in [-0.05, 0) is 6.42 Å². The summed E-state index contributed by atoms with van der Waals surface area (Å²) in [5.41, 5.74) is 0. The highest BCUT2D eigenvalue weighted by molar-refractivity contribution is 5.03. The average molecular weight is 121 g/mol. The molecule has 0 bridgehead atoms. The van der Waals surface area contributed by atoms with Crippen molar-refractivity contribution in [3.8, 4) is 0 Å². The Hall–Kier alpha value is -0.980. The maximum Gasteiger partial charge on any atom is 0.0397 e. The van der Waals surface area contributed by atoms with Crippen LogP contribution in [0.1, 0.15) is 6.42 Å². The maximum atomic E-state index is 3.65. The lowest BCUT2D eigenvalue weighted by Crippen LogP contribution is -2.09. The van der Waals surface area contributed by atoms with Gasteiger partial charge in [-0.25, -0.2) is 0 Å². The average Bonchev–Trinajstić information content (AvgIpc) is 1.91. The molecule has 0 fully saturated rings. The molecule has 0 saturated carbocycles. The zero-order chi connectivity index (χ0) is 6.53. The van der Waals surface area contributed by atoms with Crippen LogP contribution in [0.4, 0.5) is 0 Å². The Labute approximate surface area is 56.0 Å². The number of hydrogen-bond donors (Lipinski definition) is 0. The molecule has 1 nitrogen and oxygen atoms in total. The van der Waals surface area contributed by atoms with Crippen LogP contribution in [-0.4, -0.2) is 11.4 Å². The standard InChI is InChI=1S/C8H11N/c1-2-6-9-7-4-3-5-8-9/h2,4-5,7-8H,1,3,6H2. The SMILES string of the molecule is C=CCN1C=CCC=C1. The van der Waals surface area contributed by atoms with E-state index in [0.29, 0.717) is 0 Å². The smallest absolute Gasteiger partial charge is 0.0397 e. The van der Waals surface area contributed by atoms with Gasteiger partial charge in [0.15, 0.2) is 0 Å². The number of nitrogens with zero attached hydrogens (tertiary/aromatic N) is 1. The maximum absolute atomic E-state index is 3.65. The van der Waals surface area contributed by atoms with Gasteiger partial charge in [0.1, 0.15) is 0 Å². The second-order valence-corrected chi connectivity index (χ2v) is 1.99. The normalized spacial score (nSPS) is 16.2. The molecule has 1 heterocycles. The Balaban J connectivity index is 2.39. The molecule has 0 N–H and O–H groups in total. The van der Waals surface area contributed by atoms with Crippen molar-refractivity contribution in [3.05, 3.63) is 37.2 Å². The molecule has 0 aromatic heterocycles. The summed E-state index contributed by atoms with van der Waals surface area (Å²) in [6, 6.07) is 0. The Morgan fingerprint density at radius 2 is 2.11 bits per heavy atom.